The van der Waals surface area contributed by atoms with Crippen LogP contribution in [0.25, 0.3) is 11.3 Å². The molecule has 1 N–H and O–H groups in total. The molecule has 8 nitrogen and oxygen atoms in total. The first-order valence-corrected chi connectivity index (χ1v) is 9.44. The number of aromatic nitrogens is 2. The van der Waals surface area contributed by atoms with Crippen LogP contribution < -0.4 is 20.7 Å². The zero-order valence-corrected chi connectivity index (χ0v) is 16.7. The minimum absolute atomic E-state index is 0.104. The fourth-order valence-electron chi connectivity index (χ4n) is 3.48. The van der Waals surface area contributed by atoms with Gasteiger partial charge < -0.3 is 14.2 Å². The second-order valence-corrected chi connectivity index (χ2v) is 6.76. The Kier molecular flexibility index (Phi) is 5.38. The third-order valence-corrected chi connectivity index (χ3v) is 4.95. The number of nitrogens with one attached hydrogen (secondary N) is 1. The van der Waals surface area contributed by atoms with Crippen molar-refractivity contribution in [2.45, 2.75) is 19.6 Å². The number of hydrogen-bond donors (Lipinski definition) is 1. The summed E-state index contributed by atoms with van der Waals surface area (Å²) in [6.07, 6.45) is -0.103. The van der Waals surface area contributed by atoms with Crippen molar-refractivity contribution < 1.29 is 19.0 Å². The Labute approximate surface area is 172 Å². The largest absolute Gasteiger partial charge is 0.493 e. The lowest BCUT2D eigenvalue weighted by molar-refractivity contribution is 0.149. The van der Waals surface area contributed by atoms with E-state index in [1.807, 2.05) is 42.5 Å². The van der Waals surface area contributed by atoms with Crippen LogP contribution in [0, 0.1) is 0 Å². The number of carbonyl (C=O) groups excluding carboxylic acids is 1. The molecule has 0 spiro atoms. The van der Waals surface area contributed by atoms with E-state index in [4.69, 9.17) is 14.2 Å². The Bertz CT molecular complexity index is 1210. The average Bonchev–Trinajstić information content (AvgIpc) is 2.77. The topological polar surface area (TPSA) is 94.9 Å². The Morgan fingerprint density at radius 3 is 2.57 bits per heavy atom. The van der Waals surface area contributed by atoms with Gasteiger partial charge in [0, 0.05) is 18.2 Å². The molecule has 1 aliphatic rings. The third-order valence-electron chi connectivity index (χ3n) is 4.95. The van der Waals surface area contributed by atoms with Crippen LogP contribution in [-0.4, -0.2) is 29.9 Å². The molecular formula is C22H21N3O5. The number of H-pyrrole nitrogens is 1. The highest BCUT2D eigenvalue weighted by Crippen LogP contribution is 2.37. The number of methoxy groups -OCH3 is 2. The Morgan fingerprint density at radius 2 is 1.83 bits per heavy atom. The molecule has 0 saturated carbocycles. The highest BCUT2D eigenvalue weighted by atomic mass is 16.5. The van der Waals surface area contributed by atoms with Crippen LogP contribution in [-0.2, 0) is 24.3 Å². The molecule has 8 heteroatoms. The second kappa shape index (κ2) is 8.28. The molecular weight excluding hydrogens is 386 g/mol. The van der Waals surface area contributed by atoms with Crippen LogP contribution in [0.3, 0.4) is 0 Å². The summed E-state index contributed by atoms with van der Waals surface area (Å²) in [5.41, 5.74) is 3.14. The first kappa shape index (κ1) is 19.5. The Hall–Kier alpha value is -3.81. The van der Waals surface area contributed by atoms with Crippen LogP contribution in [0.1, 0.15) is 11.1 Å². The van der Waals surface area contributed by atoms with Gasteiger partial charge in [0.1, 0.15) is 12.1 Å². The van der Waals surface area contributed by atoms with Crippen molar-refractivity contribution in [2.75, 3.05) is 14.2 Å². The maximum atomic E-state index is 12.6. The number of nitrogens with zero attached hydrogens (tertiary/aromatic N) is 2. The molecule has 4 rings (SSSR count). The van der Waals surface area contributed by atoms with Gasteiger partial charge in [-0.1, -0.05) is 30.3 Å². The standard InChI is InChI=1S/C22H21N3O5/c1-28-18-10-15-8-9-25-17(16(15)11-19(18)29-2)12-20(23-21(25)26)24-22(27)30-13-14-6-4-3-5-7-14/h3-7,10-12H,8-9,13H2,1-2H3,(H,23,24,26,27). The summed E-state index contributed by atoms with van der Waals surface area (Å²) in [5.74, 6) is 1.19. The number of carbonyl (C=O) groups is 1. The van der Waals surface area contributed by atoms with Crippen molar-refractivity contribution in [3.8, 4) is 22.8 Å². The summed E-state index contributed by atoms with van der Waals surface area (Å²) in [7, 11) is 3.14. The van der Waals surface area contributed by atoms with Crippen LogP contribution >= 0.6 is 0 Å². The van der Waals surface area contributed by atoms with Crippen LogP contribution in [0.15, 0.2) is 58.3 Å². The lowest BCUT2D eigenvalue weighted by Gasteiger charge is -2.22. The maximum absolute atomic E-state index is 12.6. The van der Waals surface area contributed by atoms with E-state index in [1.54, 1.807) is 24.9 Å². The van der Waals surface area contributed by atoms with E-state index < -0.39 is 6.09 Å². The van der Waals surface area contributed by atoms with Crippen molar-refractivity contribution in [2.24, 2.45) is 4.99 Å². The zero-order chi connectivity index (χ0) is 21.1. The van der Waals surface area contributed by atoms with Crippen molar-refractivity contribution in [1.82, 2.24) is 9.55 Å². The molecule has 0 saturated heterocycles. The summed E-state index contributed by atoms with van der Waals surface area (Å²) < 4.78 is 17.6. The molecule has 2 aromatic carbocycles. The molecule has 0 radical (unpaired) electrons. The number of aryl methyl sites for hydroxylation is 1. The SMILES string of the molecule is COc1cc2c(cc1OC)-c1c/c(=N\C(=O)OCc3ccccc3)[nH]c(=O)n1CC2. The molecule has 30 heavy (non-hydrogen) atoms. The fraction of sp³-hybridized carbons (Fsp3) is 0.227. The molecule has 3 aromatic rings. The summed E-state index contributed by atoms with van der Waals surface area (Å²) in [5, 5.41) is 0. The van der Waals surface area contributed by atoms with E-state index in [0.717, 1.165) is 16.7 Å². The van der Waals surface area contributed by atoms with E-state index >= 15 is 0 Å². The molecule has 0 fully saturated rings. The van der Waals surface area contributed by atoms with Gasteiger partial charge in [0.25, 0.3) is 0 Å². The number of benzene rings is 2. The van der Waals surface area contributed by atoms with Gasteiger partial charge in [0.05, 0.1) is 19.9 Å². The highest BCUT2D eigenvalue weighted by molar-refractivity contribution is 5.71. The fourth-order valence-corrected chi connectivity index (χ4v) is 3.48. The molecule has 1 aromatic heterocycles. The molecule has 154 valence electrons. The number of aromatic amines is 1. The van der Waals surface area contributed by atoms with Crippen LogP contribution in [0.5, 0.6) is 11.5 Å². The summed E-state index contributed by atoms with van der Waals surface area (Å²) in [4.78, 5) is 31.2. The highest BCUT2D eigenvalue weighted by Gasteiger charge is 2.20. The lowest BCUT2D eigenvalue weighted by atomic mass is 9.97. The Morgan fingerprint density at radius 1 is 1.10 bits per heavy atom. The summed E-state index contributed by atoms with van der Waals surface area (Å²) >= 11 is 0. The molecule has 0 unspecified atom stereocenters. The van der Waals surface area contributed by atoms with E-state index in [1.165, 1.54) is 0 Å². The number of fused-ring (bicyclic) bond motifs is 3. The van der Waals surface area contributed by atoms with Crippen LogP contribution in [0.4, 0.5) is 4.79 Å². The number of amides is 1. The summed E-state index contributed by atoms with van der Waals surface area (Å²) in [6, 6.07) is 14.7. The third kappa shape index (κ3) is 3.84. The zero-order valence-electron chi connectivity index (χ0n) is 16.7. The molecule has 1 aliphatic heterocycles. The van der Waals surface area contributed by atoms with Gasteiger partial charge in [-0.2, -0.15) is 4.99 Å². The van der Waals surface area contributed by atoms with E-state index in [-0.39, 0.29) is 17.8 Å². The van der Waals surface area contributed by atoms with E-state index in [2.05, 4.69) is 9.98 Å². The van der Waals surface area contributed by atoms with Crippen molar-refractivity contribution in [1.29, 1.82) is 0 Å². The van der Waals surface area contributed by atoms with Crippen LogP contribution in [0.2, 0.25) is 0 Å². The molecule has 2 heterocycles. The van der Waals surface area contributed by atoms with Crippen molar-refractivity contribution >= 4 is 6.09 Å². The minimum atomic E-state index is -0.775. The average molecular weight is 407 g/mol. The number of hydrogen-bond acceptors (Lipinski definition) is 5. The minimum Gasteiger partial charge on any atom is -0.493 e. The van der Waals surface area contributed by atoms with Gasteiger partial charge >= 0.3 is 11.8 Å². The van der Waals surface area contributed by atoms with Gasteiger partial charge in [-0.05, 0) is 29.7 Å². The second-order valence-electron chi connectivity index (χ2n) is 6.76. The van der Waals surface area contributed by atoms with Crippen molar-refractivity contribution in [3.63, 3.8) is 0 Å². The van der Waals surface area contributed by atoms with E-state index in [0.29, 0.717) is 30.2 Å². The summed E-state index contributed by atoms with van der Waals surface area (Å²) in [6.45, 7) is 0.610. The molecule has 0 atom stereocenters. The maximum Gasteiger partial charge on any atom is 0.435 e. The van der Waals surface area contributed by atoms with E-state index in [9.17, 15) is 9.59 Å². The van der Waals surface area contributed by atoms with Gasteiger partial charge in [0.2, 0.25) is 0 Å². The monoisotopic (exact) mass is 407 g/mol. The predicted octanol–water partition coefficient (Wildman–Crippen LogP) is 2.65. The Balaban J connectivity index is 1.69. The normalized spacial score (nSPS) is 12.7. The molecule has 0 aliphatic carbocycles. The lowest BCUT2D eigenvalue weighted by Crippen LogP contribution is -2.34. The van der Waals surface area contributed by atoms with Crippen molar-refractivity contribution in [3.05, 3.63) is 75.6 Å². The molecule has 1 amide bonds. The van der Waals surface area contributed by atoms with Gasteiger partial charge in [-0.3, -0.25) is 9.55 Å². The molecule has 0 bridgehead atoms. The predicted molar refractivity (Wildman–Crippen MR) is 109 cm³/mol. The first-order chi connectivity index (χ1) is 14.6. The van der Waals surface area contributed by atoms with Gasteiger partial charge in [-0.15, -0.1) is 0 Å². The van der Waals surface area contributed by atoms with Gasteiger partial charge in [0.15, 0.2) is 11.5 Å². The number of rotatable bonds is 4. The smallest absolute Gasteiger partial charge is 0.435 e. The number of ether oxygens (including phenoxy) is 3. The quantitative estimate of drug-likeness (QED) is 0.718. The van der Waals surface area contributed by atoms with Gasteiger partial charge in [-0.25, -0.2) is 9.59 Å². The first-order valence-electron chi connectivity index (χ1n) is 9.44.